The standard InChI is InChI=1S/C22H27F2N3O4S/c1-15-5-7-17(8-6-15)32(29,30)25-16-13-18(23)20(19(24)14-16)26-9-11-27(12-10-26)21(28)31-22(2,3)4/h5-8,13-14,25H,9-12H2,1-4H3. The van der Waals surface area contributed by atoms with Gasteiger partial charge in [0.2, 0.25) is 0 Å². The number of anilines is 2. The SMILES string of the molecule is Cc1ccc(S(=O)(=O)Nc2cc(F)c(N3CCN(C(=O)OC(C)(C)C)CC3)c(F)c2)cc1. The number of carbonyl (C=O) groups excluding carboxylic acids is 1. The van der Waals surface area contributed by atoms with Crippen LogP contribution in [0.25, 0.3) is 0 Å². The van der Waals surface area contributed by atoms with E-state index in [2.05, 4.69) is 4.72 Å². The highest BCUT2D eigenvalue weighted by molar-refractivity contribution is 7.92. The molecule has 0 atom stereocenters. The monoisotopic (exact) mass is 467 g/mol. The van der Waals surface area contributed by atoms with Crippen molar-refractivity contribution in [3.8, 4) is 0 Å². The first-order valence-electron chi connectivity index (χ1n) is 10.2. The summed E-state index contributed by atoms with van der Waals surface area (Å²) in [5.41, 5.74) is -0.213. The van der Waals surface area contributed by atoms with E-state index < -0.39 is 33.4 Å². The van der Waals surface area contributed by atoms with E-state index in [0.717, 1.165) is 17.7 Å². The molecule has 1 fully saturated rings. The lowest BCUT2D eigenvalue weighted by Gasteiger charge is -2.37. The number of ether oxygens (including phenoxy) is 1. The molecule has 1 saturated heterocycles. The first-order chi connectivity index (χ1) is 14.9. The van der Waals surface area contributed by atoms with Crippen LogP contribution in [0.2, 0.25) is 0 Å². The zero-order valence-electron chi connectivity index (χ0n) is 18.5. The fourth-order valence-corrected chi connectivity index (χ4v) is 4.34. The van der Waals surface area contributed by atoms with Crippen molar-refractivity contribution in [3.63, 3.8) is 0 Å². The molecule has 3 rings (SSSR count). The molecular weight excluding hydrogens is 440 g/mol. The van der Waals surface area contributed by atoms with Gasteiger partial charge in [-0.3, -0.25) is 4.72 Å². The van der Waals surface area contributed by atoms with Crippen LogP contribution in [0, 0.1) is 18.6 Å². The van der Waals surface area contributed by atoms with Gasteiger partial charge >= 0.3 is 6.09 Å². The van der Waals surface area contributed by atoms with E-state index in [4.69, 9.17) is 4.74 Å². The summed E-state index contributed by atoms with van der Waals surface area (Å²) in [6, 6.07) is 8.01. The van der Waals surface area contributed by atoms with Gasteiger partial charge in [0.05, 0.1) is 10.6 Å². The van der Waals surface area contributed by atoms with E-state index >= 15 is 0 Å². The number of sulfonamides is 1. The molecule has 0 radical (unpaired) electrons. The zero-order valence-corrected chi connectivity index (χ0v) is 19.3. The van der Waals surface area contributed by atoms with Gasteiger partial charge in [0.25, 0.3) is 10.0 Å². The number of aryl methyl sites for hydroxylation is 1. The summed E-state index contributed by atoms with van der Waals surface area (Å²) in [4.78, 5) is 15.1. The molecule has 1 N–H and O–H groups in total. The van der Waals surface area contributed by atoms with Crippen molar-refractivity contribution in [1.82, 2.24) is 4.90 Å². The fraction of sp³-hybridized carbons (Fsp3) is 0.409. The highest BCUT2D eigenvalue weighted by Crippen LogP contribution is 2.29. The van der Waals surface area contributed by atoms with Gasteiger partial charge in [-0.25, -0.2) is 22.0 Å². The Morgan fingerprint density at radius 2 is 1.53 bits per heavy atom. The summed E-state index contributed by atoms with van der Waals surface area (Å²) >= 11 is 0. The summed E-state index contributed by atoms with van der Waals surface area (Å²) in [7, 11) is -3.99. The lowest BCUT2D eigenvalue weighted by molar-refractivity contribution is 0.0240. The summed E-state index contributed by atoms with van der Waals surface area (Å²) in [6.45, 7) is 8.02. The summed E-state index contributed by atoms with van der Waals surface area (Å²) < 4.78 is 62.1. The van der Waals surface area contributed by atoms with Gasteiger partial charge in [0, 0.05) is 38.3 Å². The molecule has 7 nitrogen and oxygen atoms in total. The molecule has 2 aromatic rings. The Hall–Kier alpha value is -2.88. The van der Waals surface area contributed by atoms with E-state index in [1.54, 1.807) is 32.9 Å². The number of benzene rings is 2. The molecule has 1 heterocycles. The van der Waals surface area contributed by atoms with Gasteiger partial charge in [-0.15, -0.1) is 0 Å². The van der Waals surface area contributed by atoms with Crippen LogP contribution in [0.1, 0.15) is 26.3 Å². The van der Waals surface area contributed by atoms with Crippen LogP contribution in [0.3, 0.4) is 0 Å². The molecule has 0 aromatic heterocycles. The average molecular weight is 468 g/mol. The molecule has 0 aliphatic carbocycles. The van der Waals surface area contributed by atoms with Gasteiger partial charge in [-0.05, 0) is 39.8 Å². The Morgan fingerprint density at radius 3 is 2.03 bits per heavy atom. The van der Waals surface area contributed by atoms with Crippen LogP contribution >= 0.6 is 0 Å². The van der Waals surface area contributed by atoms with Gasteiger partial charge in [0.15, 0.2) is 11.6 Å². The average Bonchev–Trinajstić information content (AvgIpc) is 2.66. The maximum Gasteiger partial charge on any atom is 0.410 e. The predicted molar refractivity (Wildman–Crippen MR) is 118 cm³/mol. The minimum Gasteiger partial charge on any atom is -0.444 e. The smallest absolute Gasteiger partial charge is 0.410 e. The normalized spacial score (nSPS) is 14.9. The lowest BCUT2D eigenvalue weighted by Crippen LogP contribution is -2.50. The highest BCUT2D eigenvalue weighted by atomic mass is 32.2. The van der Waals surface area contributed by atoms with Crippen molar-refractivity contribution < 1.29 is 26.7 Å². The Labute approximate surface area is 187 Å². The third-order valence-corrected chi connectivity index (χ3v) is 6.25. The summed E-state index contributed by atoms with van der Waals surface area (Å²) in [5.74, 6) is -1.78. The topological polar surface area (TPSA) is 79.0 Å². The number of rotatable bonds is 4. The molecule has 1 aliphatic rings. The maximum absolute atomic E-state index is 14.8. The molecule has 10 heteroatoms. The lowest BCUT2D eigenvalue weighted by atomic mass is 10.2. The molecular formula is C22H27F2N3O4S. The van der Waals surface area contributed by atoms with E-state index in [1.807, 2.05) is 6.92 Å². The molecule has 0 saturated carbocycles. The van der Waals surface area contributed by atoms with Gasteiger partial charge in [-0.1, -0.05) is 17.7 Å². The Morgan fingerprint density at radius 1 is 1.00 bits per heavy atom. The molecule has 0 bridgehead atoms. The van der Waals surface area contributed by atoms with E-state index in [-0.39, 0.29) is 42.4 Å². The number of nitrogens with zero attached hydrogens (tertiary/aromatic N) is 2. The number of piperazine rings is 1. The van der Waals surface area contributed by atoms with Crippen LogP contribution in [0.4, 0.5) is 25.0 Å². The van der Waals surface area contributed by atoms with Crippen molar-refractivity contribution in [2.75, 3.05) is 35.8 Å². The molecule has 0 unspecified atom stereocenters. The van der Waals surface area contributed by atoms with Crippen molar-refractivity contribution in [2.24, 2.45) is 0 Å². The molecule has 174 valence electrons. The van der Waals surface area contributed by atoms with Crippen LogP contribution < -0.4 is 9.62 Å². The second kappa shape index (κ2) is 8.93. The fourth-order valence-electron chi connectivity index (χ4n) is 3.30. The summed E-state index contributed by atoms with van der Waals surface area (Å²) in [5, 5.41) is 0. The van der Waals surface area contributed by atoms with Crippen LogP contribution in [0.5, 0.6) is 0 Å². The minimum atomic E-state index is -3.99. The highest BCUT2D eigenvalue weighted by Gasteiger charge is 2.28. The van der Waals surface area contributed by atoms with Crippen LogP contribution in [-0.4, -0.2) is 51.2 Å². The minimum absolute atomic E-state index is 0.00809. The number of nitrogens with one attached hydrogen (secondary N) is 1. The van der Waals surface area contributed by atoms with E-state index in [1.165, 1.54) is 21.9 Å². The maximum atomic E-state index is 14.8. The van der Waals surface area contributed by atoms with Gasteiger partial charge in [-0.2, -0.15) is 0 Å². The third kappa shape index (κ3) is 5.67. The van der Waals surface area contributed by atoms with Gasteiger partial charge in [0.1, 0.15) is 11.3 Å². The second-order valence-electron chi connectivity index (χ2n) is 8.66. The number of amides is 1. The van der Waals surface area contributed by atoms with E-state index in [0.29, 0.717) is 0 Å². The third-order valence-electron chi connectivity index (χ3n) is 4.85. The largest absolute Gasteiger partial charge is 0.444 e. The quantitative estimate of drug-likeness (QED) is 0.732. The van der Waals surface area contributed by atoms with Crippen molar-refractivity contribution in [2.45, 2.75) is 38.2 Å². The Balaban J connectivity index is 1.71. The first kappa shape index (κ1) is 23.8. The van der Waals surface area contributed by atoms with E-state index in [9.17, 15) is 22.0 Å². The van der Waals surface area contributed by atoms with Crippen molar-refractivity contribution >= 4 is 27.5 Å². The predicted octanol–water partition coefficient (Wildman–Crippen LogP) is 4.13. The molecule has 2 aromatic carbocycles. The second-order valence-corrected chi connectivity index (χ2v) is 10.3. The van der Waals surface area contributed by atoms with Gasteiger partial charge < -0.3 is 14.5 Å². The van der Waals surface area contributed by atoms with Crippen molar-refractivity contribution in [3.05, 3.63) is 53.6 Å². The number of hydrogen-bond donors (Lipinski definition) is 1. The first-order valence-corrected chi connectivity index (χ1v) is 11.7. The molecule has 1 amide bonds. The van der Waals surface area contributed by atoms with Crippen LogP contribution in [-0.2, 0) is 14.8 Å². The Kier molecular flexibility index (Phi) is 6.64. The summed E-state index contributed by atoms with van der Waals surface area (Å²) in [6.07, 6.45) is -0.473. The molecule has 0 spiro atoms. The van der Waals surface area contributed by atoms with Crippen molar-refractivity contribution in [1.29, 1.82) is 0 Å². The molecule has 1 aliphatic heterocycles. The number of carbonyl (C=O) groups is 1. The zero-order chi connectivity index (χ0) is 23.7. The number of halogens is 2. The van der Waals surface area contributed by atoms with Crippen LogP contribution in [0.15, 0.2) is 41.3 Å². The number of hydrogen-bond acceptors (Lipinski definition) is 5. The Bertz CT molecular complexity index is 1070. The molecule has 32 heavy (non-hydrogen) atoms.